The van der Waals surface area contributed by atoms with Gasteiger partial charge in [-0.1, -0.05) is 11.6 Å². The van der Waals surface area contributed by atoms with Crippen LogP contribution in [0.15, 0.2) is 48.8 Å². The highest BCUT2D eigenvalue weighted by Gasteiger charge is 2.22. The van der Waals surface area contributed by atoms with E-state index in [0.29, 0.717) is 31.9 Å². The molecule has 0 spiro atoms. The van der Waals surface area contributed by atoms with Gasteiger partial charge in [0.15, 0.2) is 0 Å². The smallest absolute Gasteiger partial charge is 0.254 e. The van der Waals surface area contributed by atoms with Gasteiger partial charge in [0.1, 0.15) is 0 Å². The summed E-state index contributed by atoms with van der Waals surface area (Å²) in [6.45, 7) is 4.44. The third-order valence-corrected chi connectivity index (χ3v) is 4.45. The standard InChI is InChI=1S/C20H19N3O2/c1-14-4-5-18-16(11-14)17(20(24)23-7-9-25-10-8-23)12-19(22-18)15-3-2-6-21-13-15/h2-6,11-13H,7-10H2,1H3. The van der Waals surface area contributed by atoms with Crippen molar-refractivity contribution in [3.63, 3.8) is 0 Å². The Morgan fingerprint density at radius 1 is 1.16 bits per heavy atom. The fraction of sp³-hybridized carbons (Fsp3) is 0.250. The molecule has 25 heavy (non-hydrogen) atoms. The predicted octanol–water partition coefficient (Wildman–Crippen LogP) is 3.08. The Bertz CT molecular complexity index is 919. The van der Waals surface area contributed by atoms with E-state index in [1.165, 1.54) is 0 Å². The number of carbonyl (C=O) groups is 1. The first kappa shape index (κ1) is 15.7. The zero-order chi connectivity index (χ0) is 17.2. The summed E-state index contributed by atoms with van der Waals surface area (Å²) in [5.74, 6) is 0.0337. The number of aryl methyl sites for hydroxylation is 1. The molecule has 0 saturated carbocycles. The fourth-order valence-electron chi connectivity index (χ4n) is 3.12. The van der Waals surface area contributed by atoms with Crippen molar-refractivity contribution in [3.05, 3.63) is 59.9 Å². The highest BCUT2D eigenvalue weighted by Crippen LogP contribution is 2.26. The van der Waals surface area contributed by atoms with Crippen LogP contribution in [0.1, 0.15) is 15.9 Å². The van der Waals surface area contributed by atoms with Crippen LogP contribution in [0.3, 0.4) is 0 Å². The Hall–Kier alpha value is -2.79. The second-order valence-electron chi connectivity index (χ2n) is 6.22. The van der Waals surface area contributed by atoms with Crippen LogP contribution in [0.4, 0.5) is 0 Å². The van der Waals surface area contributed by atoms with E-state index in [0.717, 1.165) is 27.7 Å². The SMILES string of the molecule is Cc1ccc2nc(-c3cccnc3)cc(C(=O)N3CCOCC3)c2c1. The fourth-order valence-corrected chi connectivity index (χ4v) is 3.12. The lowest BCUT2D eigenvalue weighted by atomic mass is 10.0. The number of amides is 1. The van der Waals surface area contributed by atoms with Crippen molar-refractivity contribution in [2.24, 2.45) is 0 Å². The number of hydrogen-bond donors (Lipinski definition) is 0. The summed E-state index contributed by atoms with van der Waals surface area (Å²) in [6, 6.07) is 11.7. The van der Waals surface area contributed by atoms with Crippen molar-refractivity contribution >= 4 is 16.8 Å². The molecule has 1 aliphatic heterocycles. The highest BCUT2D eigenvalue weighted by molar-refractivity contribution is 6.07. The number of hydrogen-bond acceptors (Lipinski definition) is 4. The minimum Gasteiger partial charge on any atom is -0.378 e. The minimum absolute atomic E-state index is 0.0337. The normalized spacial score (nSPS) is 14.7. The van der Waals surface area contributed by atoms with Gasteiger partial charge in [0.25, 0.3) is 5.91 Å². The zero-order valence-corrected chi connectivity index (χ0v) is 14.1. The van der Waals surface area contributed by atoms with Crippen molar-refractivity contribution in [1.82, 2.24) is 14.9 Å². The number of ether oxygens (including phenoxy) is 1. The summed E-state index contributed by atoms with van der Waals surface area (Å²) in [6.07, 6.45) is 3.50. The number of carbonyl (C=O) groups excluding carboxylic acids is 1. The molecule has 1 amide bonds. The molecule has 0 bridgehead atoms. The minimum atomic E-state index is 0.0337. The number of fused-ring (bicyclic) bond motifs is 1. The van der Waals surface area contributed by atoms with Crippen LogP contribution in [0.5, 0.6) is 0 Å². The van der Waals surface area contributed by atoms with E-state index in [4.69, 9.17) is 9.72 Å². The van der Waals surface area contributed by atoms with Gasteiger partial charge < -0.3 is 9.64 Å². The molecule has 5 heteroatoms. The second-order valence-corrected chi connectivity index (χ2v) is 6.22. The van der Waals surface area contributed by atoms with Crippen molar-refractivity contribution < 1.29 is 9.53 Å². The predicted molar refractivity (Wildman–Crippen MR) is 96.4 cm³/mol. The summed E-state index contributed by atoms with van der Waals surface area (Å²) >= 11 is 0. The van der Waals surface area contributed by atoms with Crippen molar-refractivity contribution in [2.75, 3.05) is 26.3 Å². The van der Waals surface area contributed by atoms with E-state index in [2.05, 4.69) is 4.98 Å². The highest BCUT2D eigenvalue weighted by atomic mass is 16.5. The average molecular weight is 333 g/mol. The van der Waals surface area contributed by atoms with Gasteiger partial charge in [-0.15, -0.1) is 0 Å². The number of pyridine rings is 2. The Labute approximate surface area is 146 Å². The third kappa shape index (κ3) is 3.10. The van der Waals surface area contributed by atoms with E-state index in [9.17, 15) is 4.79 Å². The molecule has 1 saturated heterocycles. The van der Waals surface area contributed by atoms with Crippen LogP contribution in [0, 0.1) is 6.92 Å². The lowest BCUT2D eigenvalue weighted by Gasteiger charge is -2.27. The van der Waals surface area contributed by atoms with Crippen LogP contribution < -0.4 is 0 Å². The molecule has 1 aliphatic rings. The maximum Gasteiger partial charge on any atom is 0.254 e. The first-order valence-corrected chi connectivity index (χ1v) is 8.41. The molecule has 0 radical (unpaired) electrons. The maximum atomic E-state index is 13.1. The van der Waals surface area contributed by atoms with Gasteiger partial charge in [0.05, 0.1) is 30.0 Å². The van der Waals surface area contributed by atoms with Gasteiger partial charge in [0.2, 0.25) is 0 Å². The molecule has 0 N–H and O–H groups in total. The van der Waals surface area contributed by atoms with Crippen LogP contribution in [0.2, 0.25) is 0 Å². The summed E-state index contributed by atoms with van der Waals surface area (Å²) in [7, 11) is 0. The molecule has 0 atom stereocenters. The Morgan fingerprint density at radius 2 is 2.00 bits per heavy atom. The van der Waals surface area contributed by atoms with Crippen molar-refractivity contribution in [3.8, 4) is 11.3 Å². The molecule has 0 aliphatic carbocycles. The largest absolute Gasteiger partial charge is 0.378 e. The number of aromatic nitrogens is 2. The Kier molecular flexibility index (Phi) is 4.15. The van der Waals surface area contributed by atoms with Crippen molar-refractivity contribution in [1.29, 1.82) is 0 Å². The monoisotopic (exact) mass is 333 g/mol. The molecule has 126 valence electrons. The first-order valence-electron chi connectivity index (χ1n) is 8.41. The lowest BCUT2D eigenvalue weighted by Crippen LogP contribution is -2.40. The third-order valence-electron chi connectivity index (χ3n) is 4.45. The zero-order valence-electron chi connectivity index (χ0n) is 14.1. The van der Waals surface area contributed by atoms with Gasteiger partial charge in [0, 0.05) is 36.4 Å². The van der Waals surface area contributed by atoms with Gasteiger partial charge >= 0.3 is 0 Å². The van der Waals surface area contributed by atoms with Gasteiger partial charge in [-0.05, 0) is 37.3 Å². The molecule has 2 aromatic heterocycles. The number of benzene rings is 1. The number of rotatable bonds is 2. The molecule has 5 nitrogen and oxygen atoms in total. The van der Waals surface area contributed by atoms with Crippen molar-refractivity contribution in [2.45, 2.75) is 6.92 Å². The quantitative estimate of drug-likeness (QED) is 0.723. The topological polar surface area (TPSA) is 55.3 Å². The van der Waals surface area contributed by atoms with E-state index in [1.54, 1.807) is 12.4 Å². The second kappa shape index (κ2) is 6.61. The van der Waals surface area contributed by atoms with Crippen LogP contribution >= 0.6 is 0 Å². The van der Waals surface area contributed by atoms with E-state index >= 15 is 0 Å². The molecule has 0 unspecified atom stereocenters. The van der Waals surface area contributed by atoms with E-state index in [1.807, 2.05) is 48.2 Å². The average Bonchev–Trinajstić information content (AvgIpc) is 2.68. The Balaban J connectivity index is 1.87. The number of morpholine rings is 1. The van der Waals surface area contributed by atoms with Crippen LogP contribution in [-0.2, 0) is 4.74 Å². The lowest BCUT2D eigenvalue weighted by molar-refractivity contribution is 0.0304. The van der Waals surface area contributed by atoms with E-state index in [-0.39, 0.29) is 5.91 Å². The summed E-state index contributed by atoms with van der Waals surface area (Å²) in [5, 5.41) is 0.893. The van der Waals surface area contributed by atoms with Gasteiger partial charge in [-0.3, -0.25) is 9.78 Å². The summed E-state index contributed by atoms with van der Waals surface area (Å²) in [5.41, 5.74) is 4.29. The summed E-state index contributed by atoms with van der Waals surface area (Å²) in [4.78, 5) is 23.9. The molecule has 3 heterocycles. The van der Waals surface area contributed by atoms with Crippen LogP contribution in [0.25, 0.3) is 22.2 Å². The maximum absolute atomic E-state index is 13.1. The Morgan fingerprint density at radius 3 is 2.76 bits per heavy atom. The molecule has 1 fully saturated rings. The molecule has 4 rings (SSSR count). The number of nitrogens with zero attached hydrogens (tertiary/aromatic N) is 3. The molecular weight excluding hydrogens is 314 g/mol. The van der Waals surface area contributed by atoms with E-state index < -0.39 is 0 Å². The molecular formula is C20H19N3O2. The summed E-state index contributed by atoms with van der Waals surface area (Å²) < 4.78 is 5.37. The molecule has 3 aromatic rings. The molecule has 1 aromatic carbocycles. The first-order chi connectivity index (χ1) is 12.2. The van der Waals surface area contributed by atoms with Gasteiger partial charge in [-0.25, -0.2) is 4.98 Å². The van der Waals surface area contributed by atoms with Crippen LogP contribution in [-0.4, -0.2) is 47.1 Å². The van der Waals surface area contributed by atoms with Gasteiger partial charge in [-0.2, -0.15) is 0 Å².